The van der Waals surface area contributed by atoms with Crippen LogP contribution in [0.2, 0.25) is 0 Å². The third kappa shape index (κ3) is 5.93. The van der Waals surface area contributed by atoms with Gasteiger partial charge in [-0.3, -0.25) is 9.11 Å². The topological polar surface area (TPSA) is 148 Å². The van der Waals surface area contributed by atoms with Crippen LogP contribution in [0.5, 0.6) is 0 Å². The van der Waals surface area contributed by atoms with Gasteiger partial charge in [-0.15, -0.1) is 0 Å². The van der Waals surface area contributed by atoms with Crippen molar-refractivity contribution in [2.75, 3.05) is 5.32 Å². The van der Waals surface area contributed by atoms with Gasteiger partial charge in [0.1, 0.15) is 16.2 Å². The number of hydrogen-bond acceptors (Lipinski definition) is 6. The molecule has 1 aliphatic carbocycles. The first-order valence-corrected chi connectivity index (χ1v) is 17.2. The minimum Gasteiger partial charge on any atom is -0.456 e. The Kier molecular flexibility index (Phi) is 7.81. The maximum atomic E-state index is 12.5. The molecule has 0 unspecified atom stereocenters. The zero-order valence-electron chi connectivity index (χ0n) is 25.4. The fraction of sp³-hybridized carbons (Fsp3) is 0.114. The Bertz CT molecular complexity index is 2410. The Labute approximate surface area is 266 Å². The van der Waals surface area contributed by atoms with Crippen molar-refractivity contribution in [1.29, 1.82) is 0 Å². The van der Waals surface area contributed by atoms with Crippen LogP contribution in [-0.4, -0.2) is 25.9 Å². The van der Waals surface area contributed by atoms with E-state index in [0.29, 0.717) is 55.6 Å². The summed E-state index contributed by atoms with van der Waals surface area (Å²) < 4.78 is 74.5. The lowest BCUT2D eigenvalue weighted by atomic mass is 9.93. The average molecular weight is 656 g/mol. The van der Waals surface area contributed by atoms with Gasteiger partial charge in [0.05, 0.1) is 11.0 Å². The third-order valence-electron chi connectivity index (χ3n) is 7.98. The van der Waals surface area contributed by atoms with E-state index in [9.17, 15) is 25.9 Å². The van der Waals surface area contributed by atoms with Gasteiger partial charge in [0.25, 0.3) is 20.2 Å². The molecule has 1 heterocycles. The summed E-state index contributed by atoms with van der Waals surface area (Å²) in [5.41, 5.74) is 7.72. The van der Waals surface area contributed by atoms with Crippen molar-refractivity contribution in [1.82, 2.24) is 0 Å². The minimum atomic E-state index is -4.57. The average Bonchev–Trinajstić information content (AvgIpc) is 2.98. The SMILES string of the molecule is Cc1cccc(C)c1Nc1ccc2c(-c3ccccc3S(=O)(=O)O)c3ccc(=[NH+]c4c(C)cc(S(=O)(=O)O)cc4C)cc-3oc2c1. The van der Waals surface area contributed by atoms with Crippen LogP contribution < -0.4 is 15.7 Å². The molecule has 234 valence electrons. The molecule has 0 bridgehead atoms. The van der Waals surface area contributed by atoms with Crippen LogP contribution in [-0.2, 0) is 20.2 Å². The highest BCUT2D eigenvalue weighted by atomic mass is 32.2. The summed E-state index contributed by atoms with van der Waals surface area (Å²) in [5, 5.41) is 4.75. The summed E-state index contributed by atoms with van der Waals surface area (Å²) in [5.74, 6) is 0.437. The largest absolute Gasteiger partial charge is 0.456 e. The Balaban J connectivity index is 1.61. The third-order valence-corrected chi connectivity index (χ3v) is 9.72. The lowest BCUT2D eigenvalue weighted by Gasteiger charge is -2.18. The predicted molar refractivity (Wildman–Crippen MR) is 177 cm³/mol. The van der Waals surface area contributed by atoms with Crippen molar-refractivity contribution >= 4 is 48.3 Å². The number of nitrogens with one attached hydrogen (secondary N) is 2. The van der Waals surface area contributed by atoms with Crippen molar-refractivity contribution in [3.63, 3.8) is 0 Å². The Morgan fingerprint density at radius 2 is 1.35 bits per heavy atom. The van der Waals surface area contributed by atoms with Crippen molar-refractivity contribution in [3.8, 4) is 22.5 Å². The molecular formula is C35H31N2O7S2+. The van der Waals surface area contributed by atoms with E-state index >= 15 is 0 Å². The van der Waals surface area contributed by atoms with E-state index in [1.165, 1.54) is 18.2 Å². The van der Waals surface area contributed by atoms with E-state index in [1.807, 2.05) is 50.2 Å². The summed E-state index contributed by atoms with van der Waals surface area (Å²) in [7, 11) is -8.94. The second kappa shape index (κ2) is 11.5. The summed E-state index contributed by atoms with van der Waals surface area (Å²) in [6.07, 6.45) is 0. The Morgan fingerprint density at radius 1 is 0.674 bits per heavy atom. The molecule has 0 saturated carbocycles. The van der Waals surface area contributed by atoms with Gasteiger partial charge in [-0.05, 0) is 75.2 Å². The fourth-order valence-electron chi connectivity index (χ4n) is 5.80. The maximum absolute atomic E-state index is 12.5. The number of aryl methyl sites for hydroxylation is 4. The van der Waals surface area contributed by atoms with Gasteiger partial charge in [0.15, 0.2) is 0 Å². The van der Waals surface area contributed by atoms with Gasteiger partial charge < -0.3 is 9.73 Å². The summed E-state index contributed by atoms with van der Waals surface area (Å²) in [6, 6.07) is 26.1. The van der Waals surface area contributed by atoms with E-state index in [2.05, 4.69) is 10.3 Å². The number of rotatable bonds is 6. The van der Waals surface area contributed by atoms with Crippen LogP contribution in [0.1, 0.15) is 22.3 Å². The summed E-state index contributed by atoms with van der Waals surface area (Å²) in [6.45, 7) is 7.51. The molecule has 6 rings (SSSR count). The first-order valence-electron chi connectivity index (χ1n) is 14.3. The molecule has 0 fully saturated rings. The van der Waals surface area contributed by atoms with Crippen LogP contribution in [0.3, 0.4) is 0 Å². The van der Waals surface area contributed by atoms with Crippen LogP contribution in [0.4, 0.5) is 17.1 Å². The van der Waals surface area contributed by atoms with Crippen LogP contribution in [0, 0.1) is 27.7 Å². The van der Waals surface area contributed by atoms with E-state index in [1.54, 1.807) is 50.2 Å². The first kappa shape index (κ1) is 31.2. The van der Waals surface area contributed by atoms with Gasteiger partial charge in [0, 0.05) is 56.7 Å². The normalized spacial score (nSPS) is 12.6. The molecule has 46 heavy (non-hydrogen) atoms. The molecule has 0 saturated heterocycles. The van der Waals surface area contributed by atoms with Crippen molar-refractivity contribution in [2.45, 2.75) is 37.5 Å². The second-order valence-electron chi connectivity index (χ2n) is 11.3. The molecule has 0 atom stereocenters. The highest BCUT2D eigenvalue weighted by Gasteiger charge is 2.24. The van der Waals surface area contributed by atoms with Gasteiger partial charge >= 0.3 is 0 Å². The van der Waals surface area contributed by atoms with E-state index < -0.39 is 20.2 Å². The highest BCUT2D eigenvalue weighted by molar-refractivity contribution is 7.86. The molecule has 4 N–H and O–H groups in total. The number of hydrogen-bond donors (Lipinski definition) is 4. The minimum absolute atomic E-state index is 0.194. The number of fused-ring (bicyclic) bond motifs is 2. The lowest BCUT2D eigenvalue weighted by Crippen LogP contribution is -2.71. The lowest BCUT2D eigenvalue weighted by molar-refractivity contribution is -0.403. The van der Waals surface area contributed by atoms with E-state index in [4.69, 9.17) is 4.42 Å². The zero-order chi connectivity index (χ0) is 33.0. The van der Waals surface area contributed by atoms with Crippen molar-refractivity contribution < 1.29 is 35.4 Å². The molecule has 2 aliphatic rings. The van der Waals surface area contributed by atoms with E-state index in [-0.39, 0.29) is 9.79 Å². The van der Waals surface area contributed by atoms with Gasteiger partial charge in [-0.2, -0.15) is 16.8 Å². The van der Waals surface area contributed by atoms with Crippen LogP contribution in [0.15, 0.2) is 105 Å². The van der Waals surface area contributed by atoms with Gasteiger partial charge in [-0.25, -0.2) is 4.99 Å². The molecular weight excluding hydrogens is 625 g/mol. The predicted octanol–water partition coefficient (Wildman–Crippen LogP) is 5.99. The molecule has 9 nitrogen and oxygen atoms in total. The van der Waals surface area contributed by atoms with Crippen LogP contribution in [0.25, 0.3) is 33.4 Å². The first-order chi connectivity index (χ1) is 21.7. The Morgan fingerprint density at radius 3 is 2.00 bits per heavy atom. The summed E-state index contributed by atoms with van der Waals surface area (Å²) in [4.78, 5) is 2.90. The zero-order valence-corrected chi connectivity index (χ0v) is 27.0. The maximum Gasteiger partial charge on any atom is 0.295 e. The molecule has 11 heteroatoms. The molecule has 0 spiro atoms. The van der Waals surface area contributed by atoms with Crippen molar-refractivity contribution in [3.05, 3.63) is 119 Å². The monoisotopic (exact) mass is 655 g/mol. The quantitative estimate of drug-likeness (QED) is 0.126. The molecule has 4 aromatic rings. The molecule has 1 aliphatic heterocycles. The van der Waals surface area contributed by atoms with Gasteiger partial charge in [-0.1, -0.05) is 36.4 Å². The summed E-state index contributed by atoms with van der Waals surface area (Å²) >= 11 is 0. The van der Waals surface area contributed by atoms with Gasteiger partial charge in [0.2, 0.25) is 11.0 Å². The number of anilines is 2. The second-order valence-corrected chi connectivity index (χ2v) is 14.1. The van der Waals surface area contributed by atoms with E-state index in [0.717, 1.165) is 22.5 Å². The molecule has 4 aromatic carbocycles. The Hall–Kier alpha value is -4.81. The fourth-order valence-corrected chi connectivity index (χ4v) is 7.15. The van der Waals surface area contributed by atoms with Crippen molar-refractivity contribution in [2.24, 2.45) is 0 Å². The molecule has 0 radical (unpaired) electrons. The highest BCUT2D eigenvalue weighted by Crippen LogP contribution is 2.43. The molecule has 0 aromatic heterocycles. The number of benzene rings is 5. The smallest absolute Gasteiger partial charge is 0.295 e. The van der Waals surface area contributed by atoms with Crippen LogP contribution >= 0.6 is 0 Å². The molecule has 0 amide bonds. The standard InChI is InChI=1S/C35H30N2O7S2/c1-20-8-7-9-21(2)34(20)36-24-12-14-27-30(18-24)44-31-19-25(37-35-22(3)16-26(17-23(35)4)45(38,39)40)13-15-28(31)33(27)29-10-5-6-11-32(29)46(41,42)43/h5-19,36H,1-4H3,(H,38,39,40)(H,41,42,43)/p+1. The number of para-hydroxylation sites is 1.